The smallest absolute Gasteiger partial charge is 0.306 e. The summed E-state index contributed by atoms with van der Waals surface area (Å²) in [7, 11) is 0. The van der Waals surface area contributed by atoms with Crippen LogP contribution in [0, 0.1) is 0 Å². The third kappa shape index (κ3) is 35.3. The lowest BCUT2D eigenvalue weighted by atomic mass is 10.0. The zero-order chi connectivity index (χ0) is 34.5. The minimum Gasteiger partial charge on any atom is -0.462 e. The van der Waals surface area contributed by atoms with Gasteiger partial charge in [-0.05, 0) is 38.5 Å². The maximum atomic E-state index is 12.6. The molecule has 0 radical (unpaired) electrons. The summed E-state index contributed by atoms with van der Waals surface area (Å²) in [6.45, 7) is 6.47. The molecular formula is C41H76O6. The summed E-state index contributed by atoms with van der Waals surface area (Å²) < 4.78 is 16.5. The molecule has 6 nitrogen and oxygen atoms in total. The second-order valence-electron chi connectivity index (χ2n) is 13.6. The molecule has 0 saturated heterocycles. The maximum absolute atomic E-state index is 12.6. The molecule has 0 aliphatic heterocycles. The number of carbonyl (C=O) groups excluding carboxylic acids is 3. The lowest BCUT2D eigenvalue weighted by molar-refractivity contribution is -0.167. The van der Waals surface area contributed by atoms with Gasteiger partial charge < -0.3 is 14.2 Å². The Balaban J connectivity index is 4.23. The van der Waals surface area contributed by atoms with Crippen molar-refractivity contribution in [2.24, 2.45) is 0 Å². The van der Waals surface area contributed by atoms with Crippen LogP contribution >= 0.6 is 0 Å². The van der Waals surface area contributed by atoms with E-state index in [2.05, 4.69) is 32.9 Å². The van der Waals surface area contributed by atoms with E-state index in [9.17, 15) is 14.4 Å². The number of ether oxygens (including phenoxy) is 3. The first-order valence-corrected chi connectivity index (χ1v) is 20.2. The van der Waals surface area contributed by atoms with Gasteiger partial charge >= 0.3 is 17.9 Å². The zero-order valence-electron chi connectivity index (χ0n) is 31.3. The number of hydrogen-bond acceptors (Lipinski definition) is 6. The second kappa shape index (κ2) is 37.0. The molecule has 0 rings (SSSR count). The van der Waals surface area contributed by atoms with Crippen molar-refractivity contribution in [3.63, 3.8) is 0 Å². The van der Waals surface area contributed by atoms with E-state index in [0.29, 0.717) is 19.3 Å². The van der Waals surface area contributed by atoms with E-state index in [-0.39, 0.29) is 31.1 Å². The number of rotatable bonds is 36. The van der Waals surface area contributed by atoms with Crippen LogP contribution in [0.5, 0.6) is 0 Å². The highest BCUT2D eigenvalue weighted by atomic mass is 16.6. The SMILES string of the molecule is CCC/C=C\CCCCCCCC(=O)OC(COC(=O)CCCCCCC)COC(=O)CCCCCCCCCCCCCCCC. The molecule has 1 unspecified atom stereocenters. The van der Waals surface area contributed by atoms with E-state index < -0.39 is 6.10 Å². The van der Waals surface area contributed by atoms with E-state index in [1.165, 1.54) is 89.9 Å². The number of unbranched alkanes of at least 4 members (excludes halogenated alkanes) is 23. The first-order valence-electron chi connectivity index (χ1n) is 20.2. The number of esters is 3. The van der Waals surface area contributed by atoms with Crippen molar-refractivity contribution in [1.29, 1.82) is 0 Å². The summed E-state index contributed by atoms with van der Waals surface area (Å²) in [6, 6.07) is 0. The largest absolute Gasteiger partial charge is 0.462 e. The lowest BCUT2D eigenvalue weighted by Gasteiger charge is -2.18. The van der Waals surface area contributed by atoms with Crippen molar-refractivity contribution in [3.8, 4) is 0 Å². The van der Waals surface area contributed by atoms with Crippen LogP contribution in [0.2, 0.25) is 0 Å². The molecule has 0 amide bonds. The molecule has 1 atom stereocenters. The minimum absolute atomic E-state index is 0.0709. The van der Waals surface area contributed by atoms with Crippen LogP contribution in [0.3, 0.4) is 0 Å². The fraction of sp³-hybridized carbons (Fsp3) is 0.878. The number of hydrogen-bond donors (Lipinski definition) is 0. The highest BCUT2D eigenvalue weighted by molar-refractivity contribution is 5.71. The Labute approximate surface area is 290 Å². The van der Waals surface area contributed by atoms with Crippen LogP contribution < -0.4 is 0 Å². The van der Waals surface area contributed by atoms with E-state index in [0.717, 1.165) is 83.5 Å². The van der Waals surface area contributed by atoms with Gasteiger partial charge in [0.25, 0.3) is 0 Å². The molecule has 0 N–H and O–H groups in total. The fourth-order valence-electron chi connectivity index (χ4n) is 5.68. The predicted octanol–water partition coefficient (Wildman–Crippen LogP) is 12.3. The average Bonchev–Trinajstić information content (AvgIpc) is 3.06. The molecule has 0 aliphatic carbocycles. The molecule has 0 saturated carbocycles. The van der Waals surface area contributed by atoms with Crippen molar-refractivity contribution in [3.05, 3.63) is 12.2 Å². The highest BCUT2D eigenvalue weighted by Crippen LogP contribution is 2.14. The summed E-state index contributed by atoms with van der Waals surface area (Å²) in [4.78, 5) is 37.2. The average molecular weight is 665 g/mol. The van der Waals surface area contributed by atoms with Crippen LogP contribution in [0.15, 0.2) is 12.2 Å². The van der Waals surface area contributed by atoms with Gasteiger partial charge in [0.05, 0.1) is 0 Å². The van der Waals surface area contributed by atoms with Crippen molar-refractivity contribution in [1.82, 2.24) is 0 Å². The van der Waals surface area contributed by atoms with Gasteiger partial charge in [-0.3, -0.25) is 14.4 Å². The summed E-state index contributed by atoms with van der Waals surface area (Å²) >= 11 is 0. The van der Waals surface area contributed by atoms with Gasteiger partial charge in [0.2, 0.25) is 0 Å². The van der Waals surface area contributed by atoms with Crippen molar-refractivity contribution in [2.45, 2.75) is 219 Å². The fourth-order valence-corrected chi connectivity index (χ4v) is 5.68. The van der Waals surface area contributed by atoms with Crippen molar-refractivity contribution >= 4 is 17.9 Å². The Kier molecular flexibility index (Phi) is 35.5. The molecule has 0 heterocycles. The molecule has 0 aromatic heterocycles. The second-order valence-corrected chi connectivity index (χ2v) is 13.6. The Hall–Kier alpha value is -1.85. The Morgan fingerprint density at radius 3 is 1.15 bits per heavy atom. The topological polar surface area (TPSA) is 78.9 Å². The van der Waals surface area contributed by atoms with Crippen LogP contribution in [-0.4, -0.2) is 37.2 Å². The third-order valence-corrected chi connectivity index (χ3v) is 8.75. The van der Waals surface area contributed by atoms with Gasteiger partial charge in [0.15, 0.2) is 6.10 Å². The maximum Gasteiger partial charge on any atom is 0.306 e. The van der Waals surface area contributed by atoms with Gasteiger partial charge in [0.1, 0.15) is 13.2 Å². The molecule has 0 bridgehead atoms. The summed E-state index contributed by atoms with van der Waals surface area (Å²) in [5.74, 6) is -0.895. The summed E-state index contributed by atoms with van der Waals surface area (Å²) in [5.41, 5.74) is 0. The first kappa shape index (κ1) is 45.2. The molecule has 0 aromatic rings. The van der Waals surface area contributed by atoms with Gasteiger partial charge in [0, 0.05) is 19.3 Å². The number of carbonyl (C=O) groups is 3. The Bertz CT molecular complexity index is 733. The summed E-state index contributed by atoms with van der Waals surface area (Å²) in [6.07, 6.45) is 36.5. The van der Waals surface area contributed by atoms with Crippen molar-refractivity contribution in [2.75, 3.05) is 13.2 Å². The normalized spacial score (nSPS) is 12.0. The zero-order valence-corrected chi connectivity index (χ0v) is 31.3. The molecule has 0 aliphatic rings. The van der Waals surface area contributed by atoms with Crippen molar-refractivity contribution < 1.29 is 28.6 Å². The molecule has 6 heteroatoms. The lowest BCUT2D eigenvalue weighted by Crippen LogP contribution is -2.30. The quantitative estimate of drug-likeness (QED) is 0.0287. The molecular weight excluding hydrogens is 588 g/mol. The first-order chi connectivity index (χ1) is 23.0. The number of allylic oxidation sites excluding steroid dienone is 2. The third-order valence-electron chi connectivity index (χ3n) is 8.75. The van der Waals surface area contributed by atoms with E-state index in [1.807, 2.05) is 0 Å². The molecule has 0 aromatic carbocycles. The molecule has 0 spiro atoms. The van der Waals surface area contributed by atoms with Gasteiger partial charge in [-0.2, -0.15) is 0 Å². The van der Waals surface area contributed by atoms with E-state index in [4.69, 9.17) is 14.2 Å². The van der Waals surface area contributed by atoms with Crippen LogP contribution in [0.25, 0.3) is 0 Å². The monoisotopic (exact) mass is 665 g/mol. The Morgan fingerprint density at radius 2 is 0.745 bits per heavy atom. The van der Waals surface area contributed by atoms with Gasteiger partial charge in [-0.1, -0.05) is 168 Å². The molecule has 276 valence electrons. The van der Waals surface area contributed by atoms with Gasteiger partial charge in [-0.15, -0.1) is 0 Å². The van der Waals surface area contributed by atoms with E-state index >= 15 is 0 Å². The van der Waals surface area contributed by atoms with Crippen LogP contribution in [0.1, 0.15) is 213 Å². The molecule has 0 fully saturated rings. The minimum atomic E-state index is -0.762. The van der Waals surface area contributed by atoms with Crippen LogP contribution in [0.4, 0.5) is 0 Å². The predicted molar refractivity (Wildman–Crippen MR) is 196 cm³/mol. The van der Waals surface area contributed by atoms with E-state index in [1.54, 1.807) is 0 Å². The molecule has 47 heavy (non-hydrogen) atoms. The highest BCUT2D eigenvalue weighted by Gasteiger charge is 2.19. The Morgan fingerprint density at radius 1 is 0.404 bits per heavy atom. The van der Waals surface area contributed by atoms with Gasteiger partial charge in [-0.25, -0.2) is 0 Å². The summed E-state index contributed by atoms with van der Waals surface area (Å²) in [5, 5.41) is 0. The van der Waals surface area contributed by atoms with Crippen LogP contribution in [-0.2, 0) is 28.6 Å². The standard InChI is InChI=1S/C41H76O6/c1-4-7-10-13-15-17-19-20-21-22-24-25-28-31-34-40(43)46-37-38(36-45-39(42)33-30-27-12-9-6-3)47-41(44)35-32-29-26-23-18-16-14-11-8-5-2/h11,14,38H,4-10,12-13,15-37H2,1-3H3/b14-11-.